The number of furan rings is 1. The molecule has 96 valence electrons. The van der Waals surface area contributed by atoms with Gasteiger partial charge in [-0.15, -0.1) is 0 Å². The molecule has 0 aliphatic heterocycles. The van der Waals surface area contributed by atoms with Gasteiger partial charge in [0.05, 0.1) is 13.2 Å². The fourth-order valence-electron chi connectivity index (χ4n) is 1.60. The van der Waals surface area contributed by atoms with Crippen LogP contribution < -0.4 is 11.3 Å². The van der Waals surface area contributed by atoms with Crippen molar-refractivity contribution >= 4 is 5.91 Å². The van der Waals surface area contributed by atoms with Crippen LogP contribution >= 0.6 is 0 Å². The summed E-state index contributed by atoms with van der Waals surface area (Å²) in [7, 11) is 0. The highest BCUT2D eigenvalue weighted by Crippen LogP contribution is 2.10. The molecule has 1 aromatic rings. The zero-order valence-corrected chi connectivity index (χ0v) is 9.98. The zero-order chi connectivity index (χ0) is 12.7. The lowest BCUT2D eigenvalue weighted by atomic mass is 10.3. The molecular weight excluding hydrogens is 222 g/mol. The van der Waals surface area contributed by atoms with Gasteiger partial charge in [0.2, 0.25) is 0 Å². The van der Waals surface area contributed by atoms with E-state index in [1.807, 2.05) is 5.43 Å². The minimum Gasteiger partial charge on any atom is -0.455 e. The number of hydrogen-bond acceptors (Lipinski definition) is 5. The van der Waals surface area contributed by atoms with Gasteiger partial charge in [-0.2, -0.15) is 0 Å². The Labute approximate surface area is 100 Å². The number of hydrogen-bond donors (Lipinski definition) is 3. The molecule has 0 saturated heterocycles. The van der Waals surface area contributed by atoms with Crippen LogP contribution in [-0.4, -0.2) is 35.6 Å². The lowest BCUT2D eigenvalue weighted by Gasteiger charge is -2.18. The van der Waals surface area contributed by atoms with Gasteiger partial charge in [-0.1, -0.05) is 6.92 Å². The molecule has 1 aromatic heterocycles. The Hall–Kier alpha value is -1.37. The van der Waals surface area contributed by atoms with E-state index in [1.165, 1.54) is 0 Å². The van der Waals surface area contributed by atoms with Crippen molar-refractivity contribution in [3.05, 3.63) is 23.7 Å². The second-order valence-electron chi connectivity index (χ2n) is 3.74. The molecule has 6 nitrogen and oxygen atoms in total. The van der Waals surface area contributed by atoms with Crippen LogP contribution in [0, 0.1) is 0 Å². The average Bonchev–Trinajstić information content (AvgIpc) is 2.77. The van der Waals surface area contributed by atoms with Crippen molar-refractivity contribution in [1.82, 2.24) is 10.3 Å². The number of nitrogens with two attached hydrogens (primary N) is 1. The van der Waals surface area contributed by atoms with Crippen LogP contribution in [0.5, 0.6) is 0 Å². The third-order valence-corrected chi connectivity index (χ3v) is 2.35. The number of aliphatic hydroxyl groups excluding tert-OH is 1. The van der Waals surface area contributed by atoms with Crippen molar-refractivity contribution in [1.29, 1.82) is 0 Å². The van der Waals surface area contributed by atoms with Gasteiger partial charge in [0.1, 0.15) is 5.76 Å². The molecule has 6 heteroatoms. The molecule has 0 bridgehead atoms. The Balaban J connectivity index is 2.60. The van der Waals surface area contributed by atoms with E-state index >= 15 is 0 Å². The van der Waals surface area contributed by atoms with E-state index in [-0.39, 0.29) is 12.4 Å². The van der Waals surface area contributed by atoms with Crippen LogP contribution in [0.1, 0.15) is 29.7 Å². The zero-order valence-electron chi connectivity index (χ0n) is 9.98. The first kappa shape index (κ1) is 13.7. The van der Waals surface area contributed by atoms with Gasteiger partial charge in [-0.25, -0.2) is 5.84 Å². The second kappa shape index (κ2) is 7.05. The first-order chi connectivity index (χ1) is 8.21. The summed E-state index contributed by atoms with van der Waals surface area (Å²) in [6.07, 6.45) is 0.997. The van der Waals surface area contributed by atoms with Crippen LogP contribution in [-0.2, 0) is 6.54 Å². The molecule has 0 aliphatic carbocycles. The fourth-order valence-corrected chi connectivity index (χ4v) is 1.60. The number of carbonyl (C=O) groups excluding carboxylic acids is 1. The molecular formula is C11H19N3O3. The topological polar surface area (TPSA) is 91.7 Å². The van der Waals surface area contributed by atoms with Gasteiger partial charge in [-0.05, 0) is 25.1 Å². The van der Waals surface area contributed by atoms with Crippen molar-refractivity contribution in [2.45, 2.75) is 19.9 Å². The highest BCUT2D eigenvalue weighted by molar-refractivity contribution is 5.90. The second-order valence-corrected chi connectivity index (χ2v) is 3.74. The highest BCUT2D eigenvalue weighted by atomic mass is 16.4. The SMILES string of the molecule is CCCN(CCO)Cc1ccc(C(=O)NN)o1. The van der Waals surface area contributed by atoms with Crippen LogP contribution in [0.3, 0.4) is 0 Å². The van der Waals surface area contributed by atoms with Gasteiger partial charge in [0.25, 0.3) is 0 Å². The van der Waals surface area contributed by atoms with E-state index in [0.29, 0.717) is 18.8 Å². The molecule has 1 heterocycles. The van der Waals surface area contributed by atoms with Crippen molar-refractivity contribution in [2.75, 3.05) is 19.7 Å². The number of rotatable bonds is 7. The van der Waals surface area contributed by atoms with E-state index in [9.17, 15) is 4.79 Å². The molecule has 17 heavy (non-hydrogen) atoms. The minimum absolute atomic E-state index is 0.108. The van der Waals surface area contributed by atoms with Gasteiger partial charge < -0.3 is 9.52 Å². The summed E-state index contributed by atoms with van der Waals surface area (Å²) in [5, 5.41) is 8.92. The van der Waals surface area contributed by atoms with Crippen molar-refractivity contribution in [3.63, 3.8) is 0 Å². The maximum Gasteiger partial charge on any atom is 0.300 e. The maximum atomic E-state index is 11.2. The van der Waals surface area contributed by atoms with Crippen LogP contribution in [0.25, 0.3) is 0 Å². The van der Waals surface area contributed by atoms with Gasteiger partial charge in [0, 0.05) is 6.54 Å². The van der Waals surface area contributed by atoms with E-state index in [4.69, 9.17) is 15.4 Å². The summed E-state index contributed by atoms with van der Waals surface area (Å²) in [5.41, 5.74) is 2.01. The third-order valence-electron chi connectivity index (χ3n) is 2.35. The lowest BCUT2D eigenvalue weighted by Crippen LogP contribution is -2.29. The number of nitrogens with zero attached hydrogens (tertiary/aromatic N) is 1. The van der Waals surface area contributed by atoms with Gasteiger partial charge in [-0.3, -0.25) is 15.1 Å². The largest absolute Gasteiger partial charge is 0.455 e. The van der Waals surface area contributed by atoms with Crippen molar-refractivity contribution in [3.8, 4) is 0 Å². The van der Waals surface area contributed by atoms with Crippen LogP contribution in [0.15, 0.2) is 16.5 Å². The summed E-state index contributed by atoms with van der Waals surface area (Å²) in [5.74, 6) is 5.45. The van der Waals surface area contributed by atoms with Crippen molar-refractivity contribution in [2.24, 2.45) is 5.84 Å². The van der Waals surface area contributed by atoms with E-state index in [0.717, 1.165) is 13.0 Å². The van der Waals surface area contributed by atoms with E-state index in [2.05, 4.69) is 11.8 Å². The number of amides is 1. The quantitative estimate of drug-likeness (QED) is 0.357. The molecule has 1 amide bonds. The van der Waals surface area contributed by atoms with E-state index < -0.39 is 5.91 Å². The molecule has 0 spiro atoms. The number of carbonyl (C=O) groups is 1. The molecule has 0 atom stereocenters. The normalized spacial score (nSPS) is 10.8. The molecule has 0 unspecified atom stereocenters. The molecule has 0 aromatic carbocycles. The Morgan fingerprint density at radius 1 is 1.53 bits per heavy atom. The molecule has 1 rings (SSSR count). The third kappa shape index (κ3) is 4.18. The molecule has 0 radical (unpaired) electrons. The lowest BCUT2D eigenvalue weighted by molar-refractivity contribution is 0.0921. The number of nitrogen functional groups attached to an aromatic ring is 1. The number of nitrogens with one attached hydrogen (secondary N) is 1. The van der Waals surface area contributed by atoms with Crippen LogP contribution in [0.4, 0.5) is 0 Å². The number of hydrazine groups is 1. The Morgan fingerprint density at radius 2 is 2.29 bits per heavy atom. The van der Waals surface area contributed by atoms with Crippen molar-refractivity contribution < 1.29 is 14.3 Å². The minimum atomic E-state index is -0.444. The van der Waals surface area contributed by atoms with Gasteiger partial charge >= 0.3 is 5.91 Å². The first-order valence-electron chi connectivity index (χ1n) is 5.64. The standard InChI is InChI=1S/C11H19N3O3/c1-2-5-14(6-7-15)8-9-3-4-10(17-9)11(16)13-12/h3-4,15H,2,5-8,12H2,1H3,(H,13,16). The summed E-state index contributed by atoms with van der Waals surface area (Å²) in [6, 6.07) is 3.32. The molecule has 0 aliphatic rings. The Bertz CT molecular complexity index is 345. The summed E-state index contributed by atoms with van der Waals surface area (Å²) < 4.78 is 5.34. The Morgan fingerprint density at radius 3 is 2.88 bits per heavy atom. The average molecular weight is 241 g/mol. The maximum absolute atomic E-state index is 11.2. The summed E-state index contributed by atoms with van der Waals surface area (Å²) in [4.78, 5) is 13.2. The van der Waals surface area contributed by atoms with Gasteiger partial charge in [0.15, 0.2) is 5.76 Å². The number of aliphatic hydroxyl groups is 1. The Kier molecular flexibility index (Phi) is 5.68. The summed E-state index contributed by atoms with van der Waals surface area (Å²) in [6.45, 7) is 4.22. The predicted molar refractivity (Wildman–Crippen MR) is 63.0 cm³/mol. The molecule has 4 N–H and O–H groups in total. The highest BCUT2D eigenvalue weighted by Gasteiger charge is 2.11. The molecule has 0 fully saturated rings. The smallest absolute Gasteiger partial charge is 0.300 e. The predicted octanol–water partition coefficient (Wildman–Crippen LogP) is 0.0874. The van der Waals surface area contributed by atoms with Crippen LogP contribution in [0.2, 0.25) is 0 Å². The fraction of sp³-hybridized carbons (Fsp3) is 0.545. The molecule has 0 saturated carbocycles. The van der Waals surface area contributed by atoms with E-state index in [1.54, 1.807) is 12.1 Å². The first-order valence-corrected chi connectivity index (χ1v) is 5.64. The monoisotopic (exact) mass is 241 g/mol. The summed E-state index contributed by atoms with van der Waals surface area (Å²) >= 11 is 0.